The minimum atomic E-state index is -0.734. The number of carbonyl (C=O) groups excluding carboxylic acids is 2. The minimum Gasteiger partial charge on any atom is -0.465 e. The van der Waals surface area contributed by atoms with Crippen molar-refractivity contribution >= 4 is 50.7 Å². The van der Waals surface area contributed by atoms with E-state index < -0.39 is 16.8 Å². The minimum absolute atomic E-state index is 0.0550. The molecule has 0 unspecified atom stereocenters. The Morgan fingerprint density at radius 3 is 2.67 bits per heavy atom. The number of aromatic nitrogens is 1. The molecule has 0 radical (unpaired) electrons. The largest absolute Gasteiger partial charge is 0.465 e. The first-order chi connectivity index (χ1) is 14.2. The highest BCUT2D eigenvalue weighted by Gasteiger charge is 2.18. The Labute approximate surface area is 180 Å². The number of rotatable bonds is 5. The van der Waals surface area contributed by atoms with E-state index in [0.29, 0.717) is 0 Å². The molecule has 0 atom stereocenters. The monoisotopic (exact) mass is 447 g/mol. The lowest BCUT2D eigenvalue weighted by atomic mass is 10.1. The summed E-state index contributed by atoms with van der Waals surface area (Å²) in [6, 6.07) is 7.50. The highest BCUT2D eigenvalue weighted by molar-refractivity contribution is 7.16. The number of hydrogen-bond acceptors (Lipinski definition) is 6. The van der Waals surface area contributed by atoms with E-state index in [0.717, 1.165) is 27.4 Å². The van der Waals surface area contributed by atoms with Gasteiger partial charge < -0.3 is 9.30 Å². The average molecular weight is 448 g/mol. The fraction of sp³-hybridized carbons (Fsp3) is 0.250. The molecule has 0 bridgehead atoms. The van der Waals surface area contributed by atoms with Crippen LogP contribution in [0, 0.1) is 24.0 Å². The fourth-order valence-corrected chi connectivity index (χ4v) is 4.50. The molecule has 156 valence electrons. The molecule has 8 nitrogen and oxygen atoms in total. The first kappa shape index (κ1) is 21.7. The van der Waals surface area contributed by atoms with Gasteiger partial charge >= 0.3 is 5.97 Å². The number of amides is 1. The number of benzene rings is 2. The van der Waals surface area contributed by atoms with Crippen LogP contribution < -0.4 is 4.80 Å². The summed E-state index contributed by atoms with van der Waals surface area (Å²) < 4.78 is 7.53. The number of nitrogens with zero attached hydrogens (tertiary/aromatic N) is 3. The number of nitro benzene ring substituents is 1. The van der Waals surface area contributed by atoms with Crippen LogP contribution in [0.15, 0.2) is 35.3 Å². The molecule has 0 aliphatic rings. The van der Waals surface area contributed by atoms with E-state index in [2.05, 4.69) is 4.99 Å². The van der Waals surface area contributed by atoms with Crippen LogP contribution in [0.5, 0.6) is 0 Å². The fourth-order valence-electron chi connectivity index (χ4n) is 3.10. The van der Waals surface area contributed by atoms with E-state index in [1.165, 1.54) is 23.5 Å². The molecule has 0 spiro atoms. The molecular weight excluding hydrogens is 430 g/mol. The van der Waals surface area contributed by atoms with Crippen molar-refractivity contribution in [3.05, 3.63) is 67.0 Å². The summed E-state index contributed by atoms with van der Waals surface area (Å²) in [6.07, 6.45) is 0. The van der Waals surface area contributed by atoms with Crippen LogP contribution >= 0.6 is 22.9 Å². The maximum Gasteiger partial charge on any atom is 0.326 e. The van der Waals surface area contributed by atoms with Crippen LogP contribution in [-0.2, 0) is 16.1 Å². The zero-order valence-corrected chi connectivity index (χ0v) is 18.0. The average Bonchev–Trinajstić information content (AvgIpc) is 2.98. The van der Waals surface area contributed by atoms with Gasteiger partial charge in [-0.3, -0.25) is 19.7 Å². The van der Waals surface area contributed by atoms with Crippen LogP contribution in [0.25, 0.3) is 10.2 Å². The van der Waals surface area contributed by atoms with Crippen molar-refractivity contribution in [3.8, 4) is 0 Å². The summed E-state index contributed by atoms with van der Waals surface area (Å²) in [5.74, 6) is -1.19. The van der Waals surface area contributed by atoms with Crippen molar-refractivity contribution in [2.45, 2.75) is 27.3 Å². The van der Waals surface area contributed by atoms with Crippen molar-refractivity contribution in [1.82, 2.24) is 4.57 Å². The summed E-state index contributed by atoms with van der Waals surface area (Å²) in [5.41, 5.74) is 2.38. The topological polar surface area (TPSA) is 104 Å². The molecule has 0 aliphatic heterocycles. The van der Waals surface area contributed by atoms with E-state index in [1.807, 2.05) is 26.0 Å². The van der Waals surface area contributed by atoms with Gasteiger partial charge in [-0.2, -0.15) is 4.99 Å². The molecule has 10 heteroatoms. The van der Waals surface area contributed by atoms with Crippen molar-refractivity contribution < 1.29 is 19.2 Å². The first-order valence-corrected chi connectivity index (χ1v) is 10.2. The van der Waals surface area contributed by atoms with Crippen LogP contribution in [0.4, 0.5) is 5.69 Å². The zero-order valence-electron chi connectivity index (χ0n) is 16.5. The standard InChI is InChI=1S/C20H18ClN3O5S/c1-4-29-17(25)10-23-18-12(3)7-11(2)8-16(18)30-20(23)22-19(26)14-9-13(24(27)28)5-6-15(14)21/h5-9H,4,10H2,1-3H3. The van der Waals surface area contributed by atoms with E-state index in [1.54, 1.807) is 11.5 Å². The number of esters is 1. The molecule has 1 heterocycles. The van der Waals surface area contributed by atoms with Gasteiger partial charge in [0, 0.05) is 12.1 Å². The first-order valence-electron chi connectivity index (χ1n) is 9.00. The van der Waals surface area contributed by atoms with Gasteiger partial charge in [-0.25, -0.2) is 0 Å². The lowest BCUT2D eigenvalue weighted by molar-refractivity contribution is -0.384. The smallest absolute Gasteiger partial charge is 0.326 e. The summed E-state index contributed by atoms with van der Waals surface area (Å²) >= 11 is 7.31. The number of carbonyl (C=O) groups is 2. The van der Waals surface area contributed by atoms with Gasteiger partial charge in [-0.15, -0.1) is 0 Å². The molecule has 1 aromatic heterocycles. The van der Waals surface area contributed by atoms with Crippen molar-refractivity contribution in [2.75, 3.05) is 6.61 Å². The molecule has 0 aliphatic carbocycles. The molecule has 30 heavy (non-hydrogen) atoms. The van der Waals surface area contributed by atoms with Crippen LogP contribution in [0.1, 0.15) is 28.4 Å². The molecule has 3 aromatic rings. The Kier molecular flexibility index (Phi) is 6.33. The molecular formula is C20H18ClN3O5S. The summed E-state index contributed by atoms with van der Waals surface area (Å²) in [5, 5.41) is 11.1. The second-order valence-electron chi connectivity index (χ2n) is 6.54. The lowest BCUT2D eigenvalue weighted by Gasteiger charge is -2.07. The Bertz CT molecular complexity index is 1250. The molecule has 3 rings (SSSR count). The molecule has 2 aromatic carbocycles. The summed E-state index contributed by atoms with van der Waals surface area (Å²) in [6.45, 7) is 5.68. The Hall–Kier alpha value is -3.04. The number of fused-ring (bicyclic) bond motifs is 1. The van der Waals surface area contributed by atoms with Gasteiger partial charge in [0.25, 0.3) is 11.6 Å². The van der Waals surface area contributed by atoms with Crippen molar-refractivity contribution in [2.24, 2.45) is 4.99 Å². The van der Waals surface area contributed by atoms with Gasteiger partial charge in [0.15, 0.2) is 4.80 Å². The maximum absolute atomic E-state index is 12.8. The maximum atomic E-state index is 12.8. The second-order valence-corrected chi connectivity index (χ2v) is 7.96. The van der Waals surface area contributed by atoms with Gasteiger partial charge in [-0.05, 0) is 44.0 Å². The number of aryl methyl sites for hydroxylation is 2. The van der Waals surface area contributed by atoms with Gasteiger partial charge in [-0.1, -0.05) is 29.0 Å². The summed E-state index contributed by atoms with van der Waals surface area (Å²) in [4.78, 5) is 39.8. The number of hydrogen-bond donors (Lipinski definition) is 0. The highest BCUT2D eigenvalue weighted by Crippen LogP contribution is 2.25. The van der Waals surface area contributed by atoms with Crippen molar-refractivity contribution in [3.63, 3.8) is 0 Å². The van der Waals surface area contributed by atoms with Crippen LogP contribution in [0.3, 0.4) is 0 Å². The van der Waals surface area contributed by atoms with Crippen LogP contribution in [-0.4, -0.2) is 28.0 Å². The number of nitro groups is 1. The predicted molar refractivity (Wildman–Crippen MR) is 114 cm³/mol. The van der Waals surface area contributed by atoms with Gasteiger partial charge in [0.1, 0.15) is 6.54 Å². The number of non-ortho nitro benzene ring substituents is 1. The molecule has 0 fully saturated rings. The lowest BCUT2D eigenvalue weighted by Crippen LogP contribution is -2.23. The Morgan fingerprint density at radius 2 is 2.00 bits per heavy atom. The number of thiazole rings is 1. The quantitative estimate of drug-likeness (QED) is 0.331. The van der Waals surface area contributed by atoms with E-state index >= 15 is 0 Å². The number of ether oxygens (including phenoxy) is 1. The third kappa shape index (κ3) is 4.42. The third-order valence-electron chi connectivity index (χ3n) is 4.29. The normalized spacial score (nSPS) is 11.7. The van der Waals surface area contributed by atoms with Gasteiger partial charge in [0.2, 0.25) is 0 Å². The molecule has 0 saturated heterocycles. The van der Waals surface area contributed by atoms with E-state index in [4.69, 9.17) is 16.3 Å². The third-order valence-corrected chi connectivity index (χ3v) is 5.65. The van der Waals surface area contributed by atoms with Crippen LogP contribution in [0.2, 0.25) is 5.02 Å². The predicted octanol–water partition coefficient (Wildman–Crippen LogP) is 4.19. The second kappa shape index (κ2) is 8.76. The van der Waals surface area contributed by atoms with E-state index in [-0.39, 0.29) is 34.2 Å². The van der Waals surface area contributed by atoms with Crippen molar-refractivity contribution in [1.29, 1.82) is 0 Å². The Balaban J connectivity index is 2.19. The molecule has 0 N–H and O–H groups in total. The number of halogens is 1. The Morgan fingerprint density at radius 1 is 1.27 bits per heavy atom. The van der Waals surface area contributed by atoms with Gasteiger partial charge in [0.05, 0.1) is 32.3 Å². The zero-order chi connectivity index (χ0) is 22.0. The summed E-state index contributed by atoms with van der Waals surface area (Å²) in [7, 11) is 0. The SMILES string of the molecule is CCOC(=O)Cn1c(=NC(=O)c2cc([N+](=O)[O-])ccc2Cl)sc2cc(C)cc(C)c21. The molecule has 0 saturated carbocycles. The highest BCUT2D eigenvalue weighted by atomic mass is 35.5. The van der Waals surface area contributed by atoms with E-state index in [9.17, 15) is 19.7 Å². The molecule has 1 amide bonds.